The summed E-state index contributed by atoms with van der Waals surface area (Å²) in [5.74, 6) is 1.19. The van der Waals surface area contributed by atoms with Crippen molar-refractivity contribution >= 4 is 34.1 Å². The maximum atomic E-state index is 6.03. The molecule has 1 heterocycles. The van der Waals surface area contributed by atoms with Gasteiger partial charge in [-0.3, -0.25) is 0 Å². The van der Waals surface area contributed by atoms with Crippen molar-refractivity contribution in [1.82, 2.24) is 9.97 Å². The topological polar surface area (TPSA) is 44.2 Å². The molecule has 0 aliphatic carbocycles. The standard InChI is InChI=1S/C12H12Cl2N2O2/c1-6(2)18-10-4-7-8(5-9(10)17-3)15-12(14)16-11(7)13/h4-6H,1-3H3. The molecular weight excluding hydrogens is 275 g/mol. The van der Waals surface area contributed by atoms with Gasteiger partial charge in [-0.1, -0.05) is 11.6 Å². The summed E-state index contributed by atoms with van der Waals surface area (Å²) < 4.78 is 10.9. The molecule has 0 bridgehead atoms. The largest absolute Gasteiger partial charge is 0.493 e. The van der Waals surface area contributed by atoms with Gasteiger partial charge in [-0.05, 0) is 31.5 Å². The maximum Gasteiger partial charge on any atom is 0.224 e. The molecule has 6 heteroatoms. The second kappa shape index (κ2) is 5.16. The number of halogens is 2. The first-order valence-corrected chi connectivity index (χ1v) is 6.14. The van der Waals surface area contributed by atoms with E-state index in [1.807, 2.05) is 13.8 Å². The van der Waals surface area contributed by atoms with E-state index in [0.29, 0.717) is 27.6 Å². The van der Waals surface area contributed by atoms with Crippen LogP contribution in [0.3, 0.4) is 0 Å². The minimum absolute atomic E-state index is 0.0309. The molecule has 4 nitrogen and oxygen atoms in total. The molecule has 0 saturated heterocycles. The van der Waals surface area contributed by atoms with E-state index in [2.05, 4.69) is 9.97 Å². The summed E-state index contributed by atoms with van der Waals surface area (Å²) >= 11 is 11.8. The first-order valence-electron chi connectivity index (χ1n) is 5.38. The predicted octanol–water partition coefficient (Wildman–Crippen LogP) is 3.73. The fraction of sp³-hybridized carbons (Fsp3) is 0.333. The van der Waals surface area contributed by atoms with Gasteiger partial charge in [-0.15, -0.1) is 0 Å². The Morgan fingerprint density at radius 1 is 1.11 bits per heavy atom. The average molecular weight is 287 g/mol. The van der Waals surface area contributed by atoms with E-state index in [-0.39, 0.29) is 11.4 Å². The van der Waals surface area contributed by atoms with Crippen molar-refractivity contribution in [2.45, 2.75) is 20.0 Å². The number of fused-ring (bicyclic) bond motifs is 1. The summed E-state index contributed by atoms with van der Waals surface area (Å²) in [4.78, 5) is 8.00. The average Bonchev–Trinajstić information content (AvgIpc) is 2.28. The highest BCUT2D eigenvalue weighted by molar-refractivity contribution is 6.35. The SMILES string of the molecule is COc1cc2nc(Cl)nc(Cl)c2cc1OC(C)C. The number of benzene rings is 1. The van der Waals surface area contributed by atoms with Crippen molar-refractivity contribution in [3.05, 3.63) is 22.6 Å². The van der Waals surface area contributed by atoms with E-state index >= 15 is 0 Å². The molecule has 0 unspecified atom stereocenters. The molecule has 2 rings (SSSR count). The Hall–Kier alpha value is -1.26. The summed E-state index contributed by atoms with van der Waals surface area (Å²) in [6, 6.07) is 3.49. The molecule has 1 aromatic heterocycles. The lowest BCUT2D eigenvalue weighted by Crippen LogP contribution is -2.07. The molecule has 0 fully saturated rings. The Labute approximate surface area is 115 Å². The van der Waals surface area contributed by atoms with Gasteiger partial charge in [-0.2, -0.15) is 0 Å². The Kier molecular flexibility index (Phi) is 3.78. The van der Waals surface area contributed by atoms with E-state index in [4.69, 9.17) is 32.7 Å². The van der Waals surface area contributed by atoms with Gasteiger partial charge in [0.05, 0.1) is 18.7 Å². The van der Waals surface area contributed by atoms with Gasteiger partial charge in [0.2, 0.25) is 5.28 Å². The molecule has 0 amide bonds. The van der Waals surface area contributed by atoms with Crippen molar-refractivity contribution in [2.24, 2.45) is 0 Å². The fourth-order valence-electron chi connectivity index (χ4n) is 1.58. The molecular formula is C12H12Cl2N2O2. The molecule has 0 saturated carbocycles. The minimum atomic E-state index is 0.0309. The normalized spacial score (nSPS) is 11.0. The van der Waals surface area contributed by atoms with Crippen LogP contribution in [0.1, 0.15) is 13.8 Å². The van der Waals surface area contributed by atoms with Crippen LogP contribution in [0.15, 0.2) is 12.1 Å². The van der Waals surface area contributed by atoms with Gasteiger partial charge in [-0.25, -0.2) is 9.97 Å². The smallest absolute Gasteiger partial charge is 0.224 e. The molecule has 18 heavy (non-hydrogen) atoms. The summed E-state index contributed by atoms with van der Waals surface area (Å²) in [6.07, 6.45) is 0.0309. The molecule has 0 atom stereocenters. The molecule has 0 aliphatic rings. The number of nitrogens with zero attached hydrogens (tertiary/aromatic N) is 2. The van der Waals surface area contributed by atoms with Crippen molar-refractivity contribution in [1.29, 1.82) is 0 Å². The first kappa shape index (κ1) is 13.2. The zero-order valence-corrected chi connectivity index (χ0v) is 11.7. The highest BCUT2D eigenvalue weighted by atomic mass is 35.5. The lowest BCUT2D eigenvalue weighted by atomic mass is 10.2. The van der Waals surface area contributed by atoms with Gasteiger partial charge >= 0.3 is 0 Å². The van der Waals surface area contributed by atoms with Crippen LogP contribution in [0.25, 0.3) is 10.9 Å². The van der Waals surface area contributed by atoms with Gasteiger partial charge in [0.15, 0.2) is 11.5 Å². The van der Waals surface area contributed by atoms with Crippen LogP contribution in [-0.2, 0) is 0 Å². The lowest BCUT2D eigenvalue weighted by Gasteiger charge is -2.14. The summed E-state index contributed by atoms with van der Waals surface area (Å²) in [7, 11) is 1.57. The van der Waals surface area contributed by atoms with Crippen LogP contribution < -0.4 is 9.47 Å². The van der Waals surface area contributed by atoms with Crippen molar-refractivity contribution in [3.63, 3.8) is 0 Å². The lowest BCUT2D eigenvalue weighted by molar-refractivity contribution is 0.230. The Balaban J connectivity index is 2.65. The summed E-state index contributed by atoms with van der Waals surface area (Å²) in [5.41, 5.74) is 0.618. The number of aromatic nitrogens is 2. The van der Waals surface area contributed by atoms with E-state index in [1.165, 1.54) is 0 Å². The van der Waals surface area contributed by atoms with Crippen molar-refractivity contribution < 1.29 is 9.47 Å². The summed E-state index contributed by atoms with van der Waals surface area (Å²) in [5, 5.41) is 1.07. The molecule has 1 aromatic carbocycles. The quantitative estimate of drug-likeness (QED) is 0.637. The van der Waals surface area contributed by atoms with E-state index in [9.17, 15) is 0 Å². The molecule has 0 radical (unpaired) electrons. The Morgan fingerprint density at radius 3 is 2.44 bits per heavy atom. The van der Waals surface area contributed by atoms with Crippen LogP contribution in [0.4, 0.5) is 0 Å². The highest BCUT2D eigenvalue weighted by Crippen LogP contribution is 2.35. The van der Waals surface area contributed by atoms with Crippen LogP contribution in [0.2, 0.25) is 10.4 Å². The molecule has 96 valence electrons. The number of hydrogen-bond acceptors (Lipinski definition) is 4. The Bertz CT molecular complexity index is 588. The van der Waals surface area contributed by atoms with Gasteiger partial charge < -0.3 is 9.47 Å². The van der Waals surface area contributed by atoms with Crippen LogP contribution >= 0.6 is 23.2 Å². The third kappa shape index (κ3) is 2.60. The van der Waals surface area contributed by atoms with Gasteiger partial charge in [0, 0.05) is 11.5 Å². The van der Waals surface area contributed by atoms with Gasteiger partial charge in [0.25, 0.3) is 0 Å². The molecule has 0 N–H and O–H groups in total. The minimum Gasteiger partial charge on any atom is -0.493 e. The number of ether oxygens (including phenoxy) is 2. The third-order valence-corrected chi connectivity index (χ3v) is 2.73. The number of rotatable bonds is 3. The van der Waals surface area contributed by atoms with Crippen molar-refractivity contribution in [2.75, 3.05) is 7.11 Å². The Morgan fingerprint density at radius 2 is 1.83 bits per heavy atom. The first-order chi connectivity index (χ1) is 8.51. The van der Waals surface area contributed by atoms with E-state index < -0.39 is 0 Å². The zero-order chi connectivity index (χ0) is 13.3. The van der Waals surface area contributed by atoms with Crippen LogP contribution in [-0.4, -0.2) is 23.2 Å². The second-order valence-corrected chi connectivity index (χ2v) is 4.67. The number of methoxy groups -OCH3 is 1. The maximum absolute atomic E-state index is 6.03. The van der Waals surface area contributed by atoms with E-state index in [1.54, 1.807) is 19.2 Å². The highest BCUT2D eigenvalue weighted by Gasteiger charge is 2.12. The zero-order valence-electron chi connectivity index (χ0n) is 10.2. The number of hydrogen-bond donors (Lipinski definition) is 0. The third-order valence-electron chi connectivity index (χ3n) is 2.27. The summed E-state index contributed by atoms with van der Waals surface area (Å²) in [6.45, 7) is 3.87. The van der Waals surface area contributed by atoms with Crippen molar-refractivity contribution in [3.8, 4) is 11.5 Å². The molecule has 2 aromatic rings. The van der Waals surface area contributed by atoms with E-state index in [0.717, 1.165) is 0 Å². The monoisotopic (exact) mass is 286 g/mol. The molecule has 0 aliphatic heterocycles. The van der Waals surface area contributed by atoms with Crippen LogP contribution in [0.5, 0.6) is 11.5 Å². The predicted molar refractivity (Wildman–Crippen MR) is 71.9 cm³/mol. The second-order valence-electron chi connectivity index (χ2n) is 3.97. The van der Waals surface area contributed by atoms with Gasteiger partial charge in [0.1, 0.15) is 5.15 Å². The molecule has 0 spiro atoms. The van der Waals surface area contributed by atoms with Crippen LogP contribution in [0, 0.1) is 0 Å². The fourth-order valence-corrected chi connectivity index (χ4v) is 2.03.